The van der Waals surface area contributed by atoms with Gasteiger partial charge in [0.2, 0.25) is 12.7 Å². The number of benzene rings is 2. The van der Waals surface area contributed by atoms with Crippen LogP contribution in [0.1, 0.15) is 10.4 Å². The van der Waals surface area contributed by atoms with Crippen molar-refractivity contribution in [2.45, 2.75) is 6.54 Å². The summed E-state index contributed by atoms with van der Waals surface area (Å²) in [5.41, 5.74) is 1.53. The number of thiophene rings is 1. The molecule has 0 saturated heterocycles. The molecule has 6 heteroatoms. The van der Waals surface area contributed by atoms with Crippen molar-refractivity contribution in [3.63, 3.8) is 0 Å². The van der Waals surface area contributed by atoms with Crippen LogP contribution in [0, 0.1) is 5.82 Å². The lowest BCUT2D eigenvalue weighted by molar-refractivity contribution is -0.125. The molecule has 1 aliphatic rings. The monoisotopic (exact) mass is 395 g/mol. The van der Waals surface area contributed by atoms with Gasteiger partial charge in [0.1, 0.15) is 5.82 Å². The summed E-state index contributed by atoms with van der Waals surface area (Å²) < 4.78 is 24.6. The van der Waals surface area contributed by atoms with Gasteiger partial charge in [0.15, 0.2) is 11.5 Å². The third-order valence-corrected chi connectivity index (χ3v) is 5.47. The first-order valence-corrected chi connectivity index (χ1v) is 9.58. The van der Waals surface area contributed by atoms with Crippen molar-refractivity contribution in [1.29, 1.82) is 0 Å². The Morgan fingerprint density at radius 2 is 1.96 bits per heavy atom. The molecule has 0 aliphatic carbocycles. The van der Waals surface area contributed by atoms with E-state index >= 15 is 0 Å². The zero-order valence-corrected chi connectivity index (χ0v) is 16.0. The van der Waals surface area contributed by atoms with E-state index in [2.05, 4.69) is 0 Å². The Hall–Kier alpha value is -3.12. The first-order chi connectivity index (χ1) is 13.6. The van der Waals surface area contributed by atoms with Crippen molar-refractivity contribution in [3.05, 3.63) is 76.9 Å². The van der Waals surface area contributed by atoms with Crippen molar-refractivity contribution >= 4 is 23.3 Å². The SMILES string of the molecule is CN(Cc1ccc2c(c1)OCO2)C(=O)C=Cc1ccc(-c2ccccc2F)s1. The standard InChI is InChI=1S/C22H18FNO3S/c1-24(13-15-6-9-19-20(12-15)27-14-26-19)22(25)11-8-16-7-10-21(28-16)17-4-2-3-5-18(17)23/h2-12H,13-14H2,1H3. The number of amides is 1. The Labute approximate surface area is 166 Å². The van der Waals surface area contributed by atoms with Crippen LogP contribution in [0.5, 0.6) is 11.5 Å². The van der Waals surface area contributed by atoms with Crippen LogP contribution < -0.4 is 9.47 Å². The number of halogens is 1. The van der Waals surface area contributed by atoms with E-state index in [4.69, 9.17) is 9.47 Å². The summed E-state index contributed by atoms with van der Waals surface area (Å²) in [7, 11) is 1.75. The van der Waals surface area contributed by atoms with Gasteiger partial charge < -0.3 is 14.4 Å². The zero-order valence-electron chi connectivity index (χ0n) is 15.2. The van der Waals surface area contributed by atoms with Crippen molar-refractivity contribution in [3.8, 4) is 21.9 Å². The molecule has 142 valence electrons. The normalized spacial score (nSPS) is 12.5. The summed E-state index contributed by atoms with van der Waals surface area (Å²) >= 11 is 1.44. The second-order valence-electron chi connectivity index (χ2n) is 6.40. The van der Waals surface area contributed by atoms with E-state index in [0.29, 0.717) is 17.9 Å². The average molecular weight is 395 g/mol. The molecule has 28 heavy (non-hydrogen) atoms. The van der Waals surface area contributed by atoms with Gasteiger partial charge in [-0.2, -0.15) is 0 Å². The number of hydrogen-bond donors (Lipinski definition) is 0. The summed E-state index contributed by atoms with van der Waals surface area (Å²) in [5, 5.41) is 0. The van der Waals surface area contributed by atoms with E-state index in [1.807, 2.05) is 36.4 Å². The van der Waals surface area contributed by atoms with E-state index in [-0.39, 0.29) is 18.5 Å². The summed E-state index contributed by atoms with van der Waals surface area (Å²) in [5.74, 6) is 1.06. The van der Waals surface area contributed by atoms with Crippen molar-refractivity contribution < 1.29 is 18.7 Å². The fourth-order valence-corrected chi connectivity index (χ4v) is 3.86. The smallest absolute Gasteiger partial charge is 0.246 e. The van der Waals surface area contributed by atoms with Gasteiger partial charge in [0.25, 0.3) is 0 Å². The highest BCUT2D eigenvalue weighted by molar-refractivity contribution is 7.16. The fraction of sp³-hybridized carbons (Fsp3) is 0.136. The zero-order chi connectivity index (χ0) is 19.5. The minimum Gasteiger partial charge on any atom is -0.454 e. The lowest BCUT2D eigenvalue weighted by Crippen LogP contribution is -2.24. The fourth-order valence-electron chi connectivity index (χ4n) is 2.92. The molecule has 1 amide bonds. The highest BCUT2D eigenvalue weighted by Gasteiger charge is 2.14. The topological polar surface area (TPSA) is 38.8 Å². The Balaban J connectivity index is 1.40. The quantitative estimate of drug-likeness (QED) is 0.574. The van der Waals surface area contributed by atoms with E-state index in [9.17, 15) is 9.18 Å². The Morgan fingerprint density at radius 1 is 1.14 bits per heavy atom. The number of hydrogen-bond acceptors (Lipinski definition) is 4. The number of ether oxygens (including phenoxy) is 2. The van der Waals surface area contributed by atoms with E-state index in [0.717, 1.165) is 21.1 Å². The van der Waals surface area contributed by atoms with Crippen molar-refractivity contribution in [1.82, 2.24) is 4.90 Å². The minimum atomic E-state index is -0.251. The highest BCUT2D eigenvalue weighted by atomic mass is 32.1. The molecule has 2 heterocycles. The predicted molar refractivity (Wildman–Crippen MR) is 108 cm³/mol. The summed E-state index contributed by atoms with van der Waals surface area (Å²) in [6, 6.07) is 16.1. The van der Waals surface area contributed by atoms with Crippen LogP contribution in [0.2, 0.25) is 0 Å². The number of carbonyl (C=O) groups is 1. The molecule has 0 N–H and O–H groups in total. The lowest BCUT2D eigenvalue weighted by Gasteiger charge is -2.15. The first kappa shape index (κ1) is 18.3. The lowest BCUT2D eigenvalue weighted by atomic mass is 10.2. The van der Waals surface area contributed by atoms with Gasteiger partial charge >= 0.3 is 0 Å². The third-order valence-electron chi connectivity index (χ3n) is 4.39. The van der Waals surface area contributed by atoms with Gasteiger partial charge in [-0.15, -0.1) is 11.3 Å². The molecule has 0 saturated carbocycles. The minimum absolute atomic E-state index is 0.112. The van der Waals surface area contributed by atoms with Gasteiger partial charge in [-0.25, -0.2) is 4.39 Å². The summed E-state index contributed by atoms with van der Waals surface area (Å²) in [6.45, 7) is 0.691. The number of rotatable bonds is 5. The first-order valence-electron chi connectivity index (χ1n) is 8.76. The van der Waals surface area contributed by atoms with Crippen molar-refractivity contribution in [2.24, 2.45) is 0 Å². The average Bonchev–Trinajstić information content (AvgIpc) is 3.35. The molecule has 0 fully saturated rings. The molecule has 0 atom stereocenters. The molecule has 1 aromatic heterocycles. The molecule has 0 radical (unpaired) electrons. The summed E-state index contributed by atoms with van der Waals surface area (Å²) in [6.07, 6.45) is 3.29. The largest absolute Gasteiger partial charge is 0.454 e. The molecule has 4 nitrogen and oxygen atoms in total. The molecule has 3 aromatic rings. The van der Waals surface area contributed by atoms with Gasteiger partial charge in [-0.3, -0.25) is 4.79 Å². The van der Waals surface area contributed by atoms with Gasteiger partial charge in [0, 0.05) is 35.0 Å². The van der Waals surface area contributed by atoms with Crippen LogP contribution in [-0.2, 0) is 11.3 Å². The second kappa shape index (κ2) is 7.86. The number of fused-ring (bicyclic) bond motifs is 1. The third kappa shape index (κ3) is 3.92. The van der Waals surface area contributed by atoms with Crippen LogP contribution in [0.3, 0.4) is 0 Å². The molecule has 0 spiro atoms. The van der Waals surface area contributed by atoms with Crippen molar-refractivity contribution in [2.75, 3.05) is 13.8 Å². The van der Waals surface area contributed by atoms with Crippen LogP contribution >= 0.6 is 11.3 Å². The van der Waals surface area contributed by atoms with Crippen LogP contribution in [0.4, 0.5) is 4.39 Å². The van der Waals surface area contributed by atoms with Crippen LogP contribution in [0.15, 0.2) is 60.7 Å². The maximum Gasteiger partial charge on any atom is 0.246 e. The molecular formula is C22H18FNO3S. The summed E-state index contributed by atoms with van der Waals surface area (Å²) in [4.78, 5) is 15.8. The Bertz CT molecular complexity index is 1040. The van der Waals surface area contributed by atoms with Gasteiger partial charge in [0.05, 0.1) is 0 Å². The number of nitrogens with zero attached hydrogens (tertiary/aromatic N) is 1. The maximum atomic E-state index is 13.9. The van der Waals surface area contributed by atoms with Gasteiger partial charge in [-0.05, 0) is 42.0 Å². The molecular weight excluding hydrogens is 377 g/mol. The Kier molecular flexibility index (Phi) is 5.12. The molecule has 0 bridgehead atoms. The van der Waals surface area contributed by atoms with E-state index < -0.39 is 0 Å². The number of carbonyl (C=O) groups excluding carboxylic acids is 1. The van der Waals surface area contributed by atoms with Crippen LogP contribution in [-0.4, -0.2) is 24.6 Å². The molecule has 1 aliphatic heterocycles. The molecule has 4 rings (SSSR count). The van der Waals surface area contributed by atoms with E-state index in [1.54, 1.807) is 30.2 Å². The Morgan fingerprint density at radius 3 is 2.82 bits per heavy atom. The second-order valence-corrected chi connectivity index (χ2v) is 7.51. The molecule has 0 unspecified atom stereocenters. The number of likely N-dealkylation sites (N-methyl/N-ethyl adjacent to an activating group) is 1. The van der Waals surface area contributed by atoms with Crippen LogP contribution in [0.25, 0.3) is 16.5 Å². The predicted octanol–water partition coefficient (Wildman–Crippen LogP) is 4.95. The van der Waals surface area contributed by atoms with Gasteiger partial charge in [-0.1, -0.05) is 24.3 Å². The molecule has 2 aromatic carbocycles. The maximum absolute atomic E-state index is 13.9. The highest BCUT2D eigenvalue weighted by Crippen LogP contribution is 2.33. The van der Waals surface area contributed by atoms with E-state index in [1.165, 1.54) is 23.5 Å².